The van der Waals surface area contributed by atoms with Crippen LogP contribution in [0.1, 0.15) is 71.6 Å². The van der Waals surface area contributed by atoms with E-state index in [4.69, 9.17) is 27.1 Å². The Morgan fingerprint density at radius 2 is 1.68 bits per heavy atom. The average molecular weight is 273 g/mol. The monoisotopic (exact) mass is 273 g/mol. The molecule has 0 atom stereocenters. The van der Waals surface area contributed by atoms with E-state index in [2.05, 4.69) is 0 Å². The summed E-state index contributed by atoms with van der Waals surface area (Å²) in [5, 5.41) is 0. The SMILES string of the molecule is [2H]c1c([2H])c(B2OC(C)(C)C(C)(C)O2)c([2H])c(C(C([2H])([2H])[2H])(C([2H])([2H])[2H])C([2H])([2H])[2H])c1[2H]. The lowest BCUT2D eigenvalue weighted by Crippen LogP contribution is -2.41. The second-order valence-electron chi connectivity index (χ2n) is 5.63. The van der Waals surface area contributed by atoms with Gasteiger partial charge in [-0.15, -0.1) is 0 Å². The Kier molecular flexibility index (Phi) is 1.19. The molecule has 0 aliphatic carbocycles. The lowest BCUT2D eigenvalue weighted by atomic mass is 9.75. The second-order valence-corrected chi connectivity index (χ2v) is 5.63. The first-order chi connectivity index (χ1) is 14.0. The maximum absolute atomic E-state index is 8.61. The van der Waals surface area contributed by atoms with E-state index in [0.29, 0.717) is 0 Å². The minimum atomic E-state index is -3.72. The first kappa shape index (κ1) is 5.20. The highest BCUT2D eigenvalue weighted by Gasteiger charge is 2.51. The highest BCUT2D eigenvalue weighted by Crippen LogP contribution is 2.36. The van der Waals surface area contributed by atoms with E-state index in [1.807, 2.05) is 0 Å². The fourth-order valence-electron chi connectivity index (χ4n) is 1.62. The fourth-order valence-corrected chi connectivity index (χ4v) is 1.62. The van der Waals surface area contributed by atoms with E-state index in [-0.39, 0.29) is 0 Å². The molecule has 1 heterocycles. The molecule has 1 fully saturated rings. The van der Waals surface area contributed by atoms with Crippen LogP contribution in [0.5, 0.6) is 0 Å². The van der Waals surface area contributed by atoms with E-state index >= 15 is 0 Å². The van der Waals surface area contributed by atoms with Crippen molar-refractivity contribution in [3.8, 4) is 0 Å². The molecule has 0 amide bonds. The molecule has 1 aromatic rings. The standard InChI is InChI=1S/C16H25BO2/c1-14(2,3)12-9-8-10-13(11-12)17-18-15(4,5)16(6,7)19-17/h8-11H,1-7H3/i1D3,2D3,3D3,8D,9D,10D,11D. The minimum Gasteiger partial charge on any atom is -0.399 e. The van der Waals surface area contributed by atoms with Crippen LogP contribution in [0.4, 0.5) is 0 Å². The van der Waals surface area contributed by atoms with Gasteiger partial charge in [0.15, 0.2) is 0 Å². The average Bonchev–Trinajstić information content (AvgIpc) is 2.73. The fraction of sp³-hybridized carbons (Fsp3) is 0.625. The maximum atomic E-state index is 8.61. The van der Waals surface area contributed by atoms with Crippen molar-refractivity contribution >= 4 is 12.6 Å². The Morgan fingerprint density at radius 1 is 1.11 bits per heavy atom. The van der Waals surface area contributed by atoms with Gasteiger partial charge in [0.2, 0.25) is 0 Å². The molecule has 0 spiro atoms. The number of rotatable bonds is 1. The Hall–Kier alpha value is -0.795. The summed E-state index contributed by atoms with van der Waals surface area (Å²) in [6, 6.07) is -3.75. The van der Waals surface area contributed by atoms with Crippen LogP contribution in [0.3, 0.4) is 0 Å². The van der Waals surface area contributed by atoms with E-state index in [9.17, 15) is 0 Å². The number of hydrogen-bond donors (Lipinski definition) is 0. The van der Waals surface area contributed by atoms with Gasteiger partial charge in [0.1, 0.15) is 0 Å². The van der Waals surface area contributed by atoms with Gasteiger partial charge >= 0.3 is 7.12 Å². The van der Waals surface area contributed by atoms with Crippen LogP contribution in [-0.4, -0.2) is 18.3 Å². The molecular weight excluding hydrogens is 235 g/mol. The smallest absolute Gasteiger partial charge is 0.399 e. The predicted octanol–water partition coefficient (Wildman–Crippen LogP) is 3.28. The third-order valence-corrected chi connectivity index (χ3v) is 3.51. The molecular formula is C16H25BO2. The van der Waals surface area contributed by atoms with Crippen LogP contribution in [-0.2, 0) is 14.7 Å². The third kappa shape index (κ3) is 2.73. The Balaban J connectivity index is 3.06. The number of benzene rings is 1. The van der Waals surface area contributed by atoms with Gasteiger partial charge in [-0.3, -0.25) is 0 Å². The molecule has 0 saturated carbocycles. The summed E-state index contributed by atoms with van der Waals surface area (Å²) in [6.45, 7) is -4.51. The Bertz CT molecular complexity index is 863. The van der Waals surface area contributed by atoms with Crippen molar-refractivity contribution in [2.75, 3.05) is 0 Å². The zero-order valence-corrected chi connectivity index (χ0v) is 11.4. The van der Waals surface area contributed by atoms with Crippen LogP contribution in [0.2, 0.25) is 0 Å². The number of hydrogen-bond acceptors (Lipinski definition) is 2. The summed E-state index contributed by atoms with van der Waals surface area (Å²) in [5.41, 5.74) is -7.27. The maximum Gasteiger partial charge on any atom is 0.494 e. The van der Waals surface area contributed by atoms with Crippen molar-refractivity contribution in [3.63, 3.8) is 0 Å². The van der Waals surface area contributed by atoms with Crippen LogP contribution in [0, 0.1) is 0 Å². The van der Waals surface area contributed by atoms with Crippen LogP contribution in [0.15, 0.2) is 24.2 Å². The van der Waals surface area contributed by atoms with Crippen molar-refractivity contribution in [1.29, 1.82) is 0 Å². The highest BCUT2D eigenvalue weighted by atomic mass is 16.7. The van der Waals surface area contributed by atoms with E-state index in [0.717, 1.165) is 0 Å². The van der Waals surface area contributed by atoms with E-state index in [1.54, 1.807) is 27.7 Å². The van der Waals surface area contributed by atoms with Crippen molar-refractivity contribution in [3.05, 3.63) is 29.7 Å². The van der Waals surface area contributed by atoms with E-state index < -0.39 is 79.5 Å². The summed E-state index contributed by atoms with van der Waals surface area (Å²) >= 11 is 0. The van der Waals surface area contributed by atoms with Gasteiger partial charge in [0.25, 0.3) is 0 Å². The summed E-state index contributed by atoms with van der Waals surface area (Å²) < 4.78 is 116. The van der Waals surface area contributed by atoms with Gasteiger partial charge in [0, 0.05) is 12.3 Å². The Labute approximate surface area is 135 Å². The lowest BCUT2D eigenvalue weighted by molar-refractivity contribution is 0.00578. The molecule has 2 rings (SSSR count). The van der Waals surface area contributed by atoms with Gasteiger partial charge in [-0.2, -0.15) is 0 Å². The van der Waals surface area contributed by atoms with Crippen molar-refractivity contribution in [1.82, 2.24) is 0 Å². The second kappa shape index (κ2) is 4.36. The van der Waals surface area contributed by atoms with Crippen molar-refractivity contribution in [2.24, 2.45) is 0 Å². The molecule has 1 saturated heterocycles. The summed E-state index contributed by atoms with van der Waals surface area (Å²) in [5.74, 6) is 0. The van der Waals surface area contributed by atoms with Crippen LogP contribution >= 0.6 is 0 Å². The first-order valence-electron chi connectivity index (χ1n) is 12.4. The van der Waals surface area contributed by atoms with E-state index in [1.165, 1.54) is 0 Å². The quantitative estimate of drug-likeness (QED) is 0.731. The topological polar surface area (TPSA) is 18.5 Å². The molecule has 2 nitrogen and oxygen atoms in total. The molecule has 1 aliphatic rings. The minimum absolute atomic E-state index is 0.498. The predicted molar refractivity (Wildman–Crippen MR) is 80.9 cm³/mol. The van der Waals surface area contributed by atoms with Gasteiger partial charge in [0.05, 0.1) is 16.7 Å². The van der Waals surface area contributed by atoms with Crippen LogP contribution in [0.25, 0.3) is 0 Å². The molecule has 3 heteroatoms. The largest absolute Gasteiger partial charge is 0.494 e. The van der Waals surface area contributed by atoms with Gasteiger partial charge in [-0.05, 0) is 44.1 Å². The zero-order valence-electron chi connectivity index (χ0n) is 24.4. The first-order valence-corrected chi connectivity index (χ1v) is 5.92. The van der Waals surface area contributed by atoms with Gasteiger partial charge in [-0.25, -0.2) is 0 Å². The molecule has 0 bridgehead atoms. The Morgan fingerprint density at radius 3 is 2.21 bits per heavy atom. The molecule has 104 valence electrons. The van der Waals surface area contributed by atoms with Gasteiger partial charge < -0.3 is 9.31 Å². The highest BCUT2D eigenvalue weighted by molar-refractivity contribution is 6.62. The molecule has 0 aromatic heterocycles. The van der Waals surface area contributed by atoms with Crippen molar-refractivity contribution < 1.29 is 27.1 Å². The van der Waals surface area contributed by atoms with Gasteiger partial charge in [-0.1, -0.05) is 44.7 Å². The molecule has 1 aromatic carbocycles. The van der Waals surface area contributed by atoms with Crippen molar-refractivity contribution in [2.45, 2.75) is 64.9 Å². The molecule has 1 aliphatic heterocycles. The molecule has 0 radical (unpaired) electrons. The normalized spacial score (nSPS) is 33.7. The molecule has 19 heavy (non-hydrogen) atoms. The summed E-state index contributed by atoms with van der Waals surface area (Å²) in [4.78, 5) is 0. The van der Waals surface area contributed by atoms with Crippen LogP contribution < -0.4 is 5.46 Å². The lowest BCUT2D eigenvalue weighted by Gasteiger charge is -2.32. The zero-order chi connectivity index (χ0) is 25.5. The summed E-state index contributed by atoms with van der Waals surface area (Å²) in [6.07, 6.45) is 0. The third-order valence-electron chi connectivity index (χ3n) is 3.51. The molecule has 0 unspecified atom stereocenters. The molecule has 0 N–H and O–H groups in total. The summed E-state index contributed by atoms with van der Waals surface area (Å²) in [7, 11) is -1.48.